The Balaban J connectivity index is 1.50. The molecule has 0 fully saturated rings. The number of ether oxygens (including phenoxy) is 1. The van der Waals surface area contributed by atoms with Crippen LogP contribution in [0, 0.1) is 13.8 Å². The lowest BCUT2D eigenvalue weighted by atomic mass is 10.1. The number of carbonyl (C=O) groups is 2. The second kappa shape index (κ2) is 7.11. The van der Waals surface area contributed by atoms with Crippen LogP contribution in [0.5, 0.6) is 5.75 Å². The van der Waals surface area contributed by atoms with Crippen molar-refractivity contribution < 1.29 is 18.7 Å². The van der Waals surface area contributed by atoms with Crippen molar-refractivity contribution in [3.05, 3.63) is 64.2 Å². The van der Waals surface area contributed by atoms with Gasteiger partial charge in [-0.1, -0.05) is 18.2 Å². The summed E-state index contributed by atoms with van der Waals surface area (Å²) in [5.41, 5.74) is 2.97. The van der Waals surface area contributed by atoms with Gasteiger partial charge in [-0.15, -0.1) is 11.3 Å². The molecular formula is C23H18N2O4S. The summed E-state index contributed by atoms with van der Waals surface area (Å²) in [5.74, 6) is 0.272. The van der Waals surface area contributed by atoms with Crippen LogP contribution in [0.15, 0.2) is 52.9 Å². The molecule has 0 unspecified atom stereocenters. The van der Waals surface area contributed by atoms with Crippen molar-refractivity contribution in [2.24, 2.45) is 0 Å². The van der Waals surface area contributed by atoms with Gasteiger partial charge in [0.1, 0.15) is 11.3 Å². The van der Waals surface area contributed by atoms with E-state index in [0.717, 1.165) is 26.5 Å². The molecule has 1 aliphatic heterocycles. The fourth-order valence-electron chi connectivity index (χ4n) is 3.66. The van der Waals surface area contributed by atoms with E-state index in [-0.39, 0.29) is 30.6 Å². The summed E-state index contributed by atoms with van der Waals surface area (Å²) in [6.45, 7) is 3.76. The molecule has 0 spiro atoms. The smallest absolute Gasteiger partial charge is 0.265 e. The van der Waals surface area contributed by atoms with Crippen LogP contribution >= 0.6 is 11.3 Å². The molecule has 4 aromatic rings. The fourth-order valence-corrected chi connectivity index (χ4v) is 4.50. The first-order chi connectivity index (χ1) is 14.5. The van der Waals surface area contributed by atoms with Gasteiger partial charge in [0, 0.05) is 15.8 Å². The van der Waals surface area contributed by atoms with Gasteiger partial charge in [0.25, 0.3) is 5.91 Å². The van der Waals surface area contributed by atoms with Gasteiger partial charge in [0.2, 0.25) is 5.78 Å². The summed E-state index contributed by atoms with van der Waals surface area (Å²) in [6, 6.07) is 14.8. The summed E-state index contributed by atoms with van der Waals surface area (Å²) >= 11 is 1.62. The number of fused-ring (bicyclic) bond motifs is 2. The maximum atomic E-state index is 12.9. The quantitative estimate of drug-likeness (QED) is 0.446. The number of ketones is 1. The topological polar surface area (TPSA) is 72.6 Å². The number of aromatic nitrogens is 1. The van der Waals surface area contributed by atoms with Crippen LogP contribution in [0.25, 0.3) is 22.2 Å². The molecule has 2 aromatic carbocycles. The molecule has 0 aliphatic carbocycles. The lowest BCUT2D eigenvalue weighted by Crippen LogP contribution is -2.42. The molecule has 5 rings (SSSR count). The Morgan fingerprint density at radius 2 is 2.00 bits per heavy atom. The number of amides is 1. The zero-order valence-corrected chi connectivity index (χ0v) is 17.3. The molecular weight excluding hydrogens is 400 g/mol. The zero-order valence-electron chi connectivity index (χ0n) is 16.5. The summed E-state index contributed by atoms with van der Waals surface area (Å²) in [6.07, 6.45) is 0. The fraction of sp³-hybridized carbons (Fsp3) is 0.174. The van der Waals surface area contributed by atoms with Crippen LogP contribution in [0.4, 0.5) is 5.69 Å². The SMILES string of the molecule is Cc1nc(-c2ccc3c(c2)N(CC(=O)c2cc4ccccc4o2)C(=O)CO3)c(C)s1. The number of carbonyl (C=O) groups excluding carboxylic acids is 2. The molecule has 7 heteroatoms. The first kappa shape index (κ1) is 18.6. The number of furan rings is 1. The van der Waals surface area contributed by atoms with Gasteiger partial charge in [0.05, 0.1) is 22.9 Å². The normalized spacial score (nSPS) is 13.4. The molecule has 1 aliphatic rings. The molecule has 2 aromatic heterocycles. The van der Waals surface area contributed by atoms with Gasteiger partial charge < -0.3 is 9.15 Å². The Hall–Kier alpha value is -3.45. The molecule has 0 radical (unpaired) electrons. The number of aryl methyl sites for hydroxylation is 2. The molecule has 0 saturated heterocycles. The number of rotatable bonds is 4. The number of hydrogen-bond acceptors (Lipinski definition) is 6. The molecule has 0 N–H and O–H groups in total. The van der Waals surface area contributed by atoms with Crippen LogP contribution in [0.1, 0.15) is 20.4 Å². The number of benzene rings is 2. The predicted molar refractivity (Wildman–Crippen MR) is 115 cm³/mol. The minimum Gasteiger partial charge on any atom is -0.482 e. The maximum absolute atomic E-state index is 12.9. The summed E-state index contributed by atoms with van der Waals surface area (Å²) in [7, 11) is 0. The highest BCUT2D eigenvalue weighted by atomic mass is 32.1. The van der Waals surface area contributed by atoms with E-state index in [0.29, 0.717) is 17.0 Å². The Labute approximate surface area is 176 Å². The van der Waals surface area contributed by atoms with Crippen LogP contribution < -0.4 is 9.64 Å². The van der Waals surface area contributed by atoms with Gasteiger partial charge in [0.15, 0.2) is 12.4 Å². The highest BCUT2D eigenvalue weighted by Crippen LogP contribution is 2.37. The molecule has 3 heterocycles. The second-order valence-electron chi connectivity index (χ2n) is 7.16. The molecule has 6 nitrogen and oxygen atoms in total. The molecule has 0 atom stereocenters. The van der Waals surface area contributed by atoms with Gasteiger partial charge in [-0.3, -0.25) is 14.5 Å². The molecule has 0 bridgehead atoms. The summed E-state index contributed by atoms with van der Waals surface area (Å²) in [5, 5.41) is 1.83. The highest BCUT2D eigenvalue weighted by molar-refractivity contribution is 7.11. The van der Waals surface area contributed by atoms with Crippen molar-refractivity contribution in [2.45, 2.75) is 13.8 Å². The second-order valence-corrected chi connectivity index (χ2v) is 8.57. The van der Waals surface area contributed by atoms with Crippen LogP contribution in [0.3, 0.4) is 0 Å². The molecule has 30 heavy (non-hydrogen) atoms. The number of nitrogens with zero attached hydrogens (tertiary/aromatic N) is 2. The average molecular weight is 418 g/mol. The Kier molecular flexibility index (Phi) is 4.40. The third kappa shape index (κ3) is 3.17. The monoisotopic (exact) mass is 418 g/mol. The van der Waals surface area contributed by atoms with Crippen LogP contribution in [0.2, 0.25) is 0 Å². The number of Topliss-reactive ketones (excluding diaryl/α,β-unsaturated/α-hetero) is 1. The highest BCUT2D eigenvalue weighted by Gasteiger charge is 2.29. The minimum atomic E-state index is -0.268. The van der Waals surface area contributed by atoms with E-state index in [1.807, 2.05) is 56.3 Å². The number of anilines is 1. The molecule has 0 saturated carbocycles. The number of para-hydroxylation sites is 1. The van der Waals surface area contributed by atoms with E-state index in [1.165, 1.54) is 4.90 Å². The van der Waals surface area contributed by atoms with Crippen molar-refractivity contribution in [2.75, 3.05) is 18.1 Å². The Bertz CT molecular complexity index is 1270. The van der Waals surface area contributed by atoms with Crippen molar-refractivity contribution in [1.82, 2.24) is 4.98 Å². The van der Waals surface area contributed by atoms with E-state index in [9.17, 15) is 9.59 Å². The predicted octanol–water partition coefficient (Wildman–Crippen LogP) is 4.78. The van der Waals surface area contributed by atoms with E-state index < -0.39 is 0 Å². The van der Waals surface area contributed by atoms with Crippen LogP contribution in [-0.4, -0.2) is 29.8 Å². The maximum Gasteiger partial charge on any atom is 0.265 e. The van der Waals surface area contributed by atoms with Gasteiger partial charge in [-0.2, -0.15) is 0 Å². The van der Waals surface area contributed by atoms with Gasteiger partial charge in [-0.05, 0) is 44.2 Å². The third-order valence-corrected chi connectivity index (χ3v) is 5.97. The minimum absolute atomic E-state index is 0.103. The zero-order chi connectivity index (χ0) is 20.8. The number of hydrogen-bond donors (Lipinski definition) is 0. The van der Waals surface area contributed by atoms with Crippen LogP contribution in [-0.2, 0) is 4.79 Å². The van der Waals surface area contributed by atoms with E-state index >= 15 is 0 Å². The lowest BCUT2D eigenvalue weighted by Gasteiger charge is -2.29. The van der Waals surface area contributed by atoms with Crippen molar-refractivity contribution in [3.8, 4) is 17.0 Å². The lowest BCUT2D eigenvalue weighted by molar-refractivity contribution is -0.121. The first-order valence-electron chi connectivity index (χ1n) is 9.53. The van der Waals surface area contributed by atoms with Crippen molar-refractivity contribution in [1.29, 1.82) is 0 Å². The standard InChI is InChI=1S/C23H18N2O4S/c1-13-23(24-14(2)30-13)16-7-8-20-17(9-16)25(22(27)12-28-20)11-18(26)21-10-15-5-3-4-6-19(15)29-21/h3-10H,11-12H2,1-2H3. The molecule has 150 valence electrons. The Morgan fingerprint density at radius 3 is 2.77 bits per heavy atom. The molecule has 1 amide bonds. The summed E-state index contributed by atoms with van der Waals surface area (Å²) < 4.78 is 11.3. The van der Waals surface area contributed by atoms with E-state index in [2.05, 4.69) is 4.98 Å². The first-order valence-corrected chi connectivity index (χ1v) is 10.3. The van der Waals surface area contributed by atoms with Gasteiger partial charge >= 0.3 is 0 Å². The third-order valence-electron chi connectivity index (χ3n) is 5.08. The van der Waals surface area contributed by atoms with Crippen molar-refractivity contribution >= 4 is 39.7 Å². The Morgan fingerprint density at radius 1 is 1.17 bits per heavy atom. The van der Waals surface area contributed by atoms with E-state index in [1.54, 1.807) is 17.4 Å². The average Bonchev–Trinajstić information content (AvgIpc) is 3.32. The van der Waals surface area contributed by atoms with Gasteiger partial charge in [-0.25, -0.2) is 4.98 Å². The summed E-state index contributed by atoms with van der Waals surface area (Å²) in [4.78, 5) is 32.7. The van der Waals surface area contributed by atoms with E-state index in [4.69, 9.17) is 9.15 Å². The number of thiazole rings is 1. The largest absolute Gasteiger partial charge is 0.482 e. The van der Waals surface area contributed by atoms with Crippen molar-refractivity contribution in [3.63, 3.8) is 0 Å².